The van der Waals surface area contributed by atoms with E-state index in [-0.39, 0.29) is 22.7 Å². The summed E-state index contributed by atoms with van der Waals surface area (Å²) in [7, 11) is 0. The van der Waals surface area contributed by atoms with E-state index in [0.29, 0.717) is 5.56 Å². The van der Waals surface area contributed by atoms with Crippen molar-refractivity contribution in [3.05, 3.63) is 63.7 Å². The summed E-state index contributed by atoms with van der Waals surface area (Å²) in [5.41, 5.74) is 0.590. The smallest absolute Gasteiger partial charge is 0.293 e. The molecule has 0 amide bonds. The van der Waals surface area contributed by atoms with Crippen LogP contribution in [-0.2, 0) is 0 Å². The van der Waals surface area contributed by atoms with Crippen molar-refractivity contribution >= 4 is 17.2 Å². The Hall–Kier alpha value is -2.83. The molecule has 0 aliphatic carbocycles. The third-order valence-corrected chi connectivity index (χ3v) is 3.24. The number of ketones is 1. The first-order chi connectivity index (χ1) is 10.4. The van der Waals surface area contributed by atoms with Gasteiger partial charge in [-0.2, -0.15) is 0 Å². The quantitative estimate of drug-likeness (QED) is 0.519. The average Bonchev–Trinajstić information content (AvgIpc) is 2.47. The summed E-state index contributed by atoms with van der Waals surface area (Å²) in [5.74, 6) is -0.756. The number of pyridine rings is 1. The Balaban J connectivity index is 2.35. The fraction of sp³-hybridized carbons (Fsp3) is 0.200. The number of Topliss-reactive ketones (excluding diaryl/α,β-unsaturated/α-hetero) is 1. The zero-order valence-electron chi connectivity index (χ0n) is 12.0. The molecule has 1 heterocycles. The minimum atomic E-state index is -0.579. The van der Waals surface area contributed by atoms with E-state index >= 15 is 0 Å². The number of nitro groups is 1. The van der Waals surface area contributed by atoms with Gasteiger partial charge in [-0.15, -0.1) is 0 Å². The molecular weight excluding hydrogens is 289 g/mol. The number of carbonyl (C=O) groups excluding carboxylic acids is 1. The van der Waals surface area contributed by atoms with Crippen molar-refractivity contribution in [1.82, 2.24) is 4.98 Å². The van der Waals surface area contributed by atoms with Crippen LogP contribution in [-0.4, -0.2) is 15.7 Å². The minimum absolute atomic E-state index is 0.221. The largest absolute Gasteiger partial charge is 0.373 e. The Morgan fingerprint density at radius 1 is 1.41 bits per heavy atom. The molecule has 0 unspecified atom stereocenters. The maximum absolute atomic E-state index is 13.7. The van der Waals surface area contributed by atoms with Gasteiger partial charge >= 0.3 is 0 Å². The zero-order chi connectivity index (χ0) is 16.3. The van der Waals surface area contributed by atoms with Crippen LogP contribution in [0.5, 0.6) is 0 Å². The van der Waals surface area contributed by atoms with Crippen molar-refractivity contribution in [2.24, 2.45) is 0 Å². The molecule has 7 heteroatoms. The van der Waals surface area contributed by atoms with Crippen molar-refractivity contribution in [3.8, 4) is 0 Å². The molecule has 0 aliphatic heterocycles. The lowest BCUT2D eigenvalue weighted by Gasteiger charge is -2.16. The second-order valence-electron chi connectivity index (χ2n) is 4.81. The number of nitro benzene ring substituents is 1. The molecule has 0 radical (unpaired) electrons. The molecule has 114 valence electrons. The van der Waals surface area contributed by atoms with Gasteiger partial charge in [0.15, 0.2) is 5.78 Å². The Labute approximate surface area is 126 Å². The predicted molar refractivity (Wildman–Crippen MR) is 79.3 cm³/mol. The van der Waals surface area contributed by atoms with Gasteiger partial charge in [0, 0.05) is 23.4 Å². The van der Waals surface area contributed by atoms with Gasteiger partial charge in [0.2, 0.25) is 0 Å². The second kappa shape index (κ2) is 6.30. The maximum Gasteiger partial charge on any atom is 0.293 e. The van der Waals surface area contributed by atoms with Crippen LogP contribution >= 0.6 is 0 Å². The van der Waals surface area contributed by atoms with Crippen LogP contribution in [0.1, 0.15) is 35.8 Å². The first-order valence-corrected chi connectivity index (χ1v) is 6.55. The van der Waals surface area contributed by atoms with Crippen LogP contribution < -0.4 is 5.32 Å². The highest BCUT2D eigenvalue weighted by Gasteiger charge is 2.19. The molecular formula is C15H14FN3O3. The minimum Gasteiger partial charge on any atom is -0.373 e. The summed E-state index contributed by atoms with van der Waals surface area (Å²) >= 11 is 0. The summed E-state index contributed by atoms with van der Waals surface area (Å²) in [6, 6.07) is 5.16. The molecule has 0 saturated carbocycles. The highest BCUT2D eigenvalue weighted by Crippen LogP contribution is 2.29. The summed E-state index contributed by atoms with van der Waals surface area (Å²) in [6.07, 6.45) is 2.53. The van der Waals surface area contributed by atoms with E-state index in [4.69, 9.17) is 0 Å². The molecule has 0 aliphatic rings. The number of hydrogen-bond acceptors (Lipinski definition) is 5. The van der Waals surface area contributed by atoms with Crippen LogP contribution in [0.3, 0.4) is 0 Å². The predicted octanol–water partition coefficient (Wildman–Crippen LogP) is 3.50. The molecule has 1 atom stereocenters. The zero-order valence-corrected chi connectivity index (χ0v) is 12.0. The first-order valence-electron chi connectivity index (χ1n) is 6.55. The second-order valence-corrected chi connectivity index (χ2v) is 4.81. The van der Waals surface area contributed by atoms with Crippen LogP contribution in [0, 0.1) is 15.9 Å². The Morgan fingerprint density at radius 3 is 2.73 bits per heavy atom. The van der Waals surface area contributed by atoms with Crippen molar-refractivity contribution in [2.75, 3.05) is 5.32 Å². The number of halogens is 1. The van der Waals surface area contributed by atoms with Crippen LogP contribution in [0.2, 0.25) is 0 Å². The van der Waals surface area contributed by atoms with E-state index in [9.17, 15) is 19.3 Å². The van der Waals surface area contributed by atoms with Gasteiger partial charge in [-0.05, 0) is 32.0 Å². The molecule has 0 bridgehead atoms. The van der Waals surface area contributed by atoms with E-state index < -0.39 is 16.8 Å². The molecule has 22 heavy (non-hydrogen) atoms. The molecule has 2 aromatic rings. The van der Waals surface area contributed by atoms with Crippen molar-refractivity contribution in [3.63, 3.8) is 0 Å². The standard InChI is InChI=1S/C15H14FN3O3/c1-9(12-5-6-17-8-13(12)16)18-14-4-3-11(10(2)20)7-15(14)19(21)22/h3-9,18H,1-2H3/t9-/m1/s1. The number of rotatable bonds is 5. The number of nitrogens with one attached hydrogen (secondary N) is 1. The molecule has 0 spiro atoms. The lowest BCUT2D eigenvalue weighted by atomic mass is 10.1. The van der Waals surface area contributed by atoms with E-state index in [1.54, 1.807) is 6.92 Å². The van der Waals surface area contributed by atoms with Gasteiger partial charge in [-0.1, -0.05) is 0 Å². The van der Waals surface area contributed by atoms with Gasteiger partial charge in [0.1, 0.15) is 11.5 Å². The van der Waals surface area contributed by atoms with E-state index in [2.05, 4.69) is 10.3 Å². The first kappa shape index (κ1) is 15.6. The average molecular weight is 303 g/mol. The van der Waals surface area contributed by atoms with Crippen molar-refractivity contribution in [1.29, 1.82) is 0 Å². The van der Waals surface area contributed by atoms with Gasteiger partial charge in [0.05, 0.1) is 17.2 Å². The highest BCUT2D eigenvalue weighted by atomic mass is 19.1. The molecule has 6 nitrogen and oxygen atoms in total. The van der Waals surface area contributed by atoms with Crippen LogP contribution in [0.25, 0.3) is 0 Å². The number of benzene rings is 1. The van der Waals surface area contributed by atoms with Crippen molar-refractivity contribution in [2.45, 2.75) is 19.9 Å². The highest BCUT2D eigenvalue weighted by molar-refractivity contribution is 5.95. The number of anilines is 1. The lowest BCUT2D eigenvalue weighted by molar-refractivity contribution is -0.384. The SMILES string of the molecule is CC(=O)c1ccc(N[C@H](C)c2ccncc2F)c([N+](=O)[O-])c1. The number of carbonyl (C=O) groups is 1. The summed E-state index contributed by atoms with van der Waals surface area (Å²) in [6.45, 7) is 3.02. The monoisotopic (exact) mass is 303 g/mol. The Morgan fingerprint density at radius 2 is 2.14 bits per heavy atom. The third kappa shape index (κ3) is 3.25. The van der Waals surface area contributed by atoms with E-state index in [1.165, 1.54) is 37.4 Å². The molecule has 2 rings (SSSR count). The summed E-state index contributed by atoms with van der Waals surface area (Å²) in [4.78, 5) is 25.6. The van der Waals surface area contributed by atoms with E-state index in [1.807, 2.05) is 0 Å². The van der Waals surface area contributed by atoms with Crippen molar-refractivity contribution < 1.29 is 14.1 Å². The van der Waals surface area contributed by atoms with Gasteiger partial charge in [-0.3, -0.25) is 19.9 Å². The normalized spacial score (nSPS) is 11.8. The molecule has 0 saturated heterocycles. The number of hydrogen-bond donors (Lipinski definition) is 1. The van der Waals surface area contributed by atoms with Crippen LogP contribution in [0.4, 0.5) is 15.8 Å². The Kier molecular flexibility index (Phi) is 4.45. The maximum atomic E-state index is 13.7. The van der Waals surface area contributed by atoms with Crippen LogP contribution in [0.15, 0.2) is 36.7 Å². The number of aromatic nitrogens is 1. The summed E-state index contributed by atoms with van der Waals surface area (Å²) < 4.78 is 13.7. The lowest BCUT2D eigenvalue weighted by Crippen LogP contribution is -2.10. The van der Waals surface area contributed by atoms with Gasteiger partial charge in [-0.25, -0.2) is 4.39 Å². The topological polar surface area (TPSA) is 85.1 Å². The molecule has 0 fully saturated rings. The molecule has 1 aromatic heterocycles. The van der Waals surface area contributed by atoms with Gasteiger partial charge < -0.3 is 5.32 Å². The fourth-order valence-electron chi connectivity index (χ4n) is 2.07. The Bertz CT molecular complexity index is 734. The van der Waals surface area contributed by atoms with E-state index in [0.717, 1.165) is 6.20 Å². The molecule has 1 N–H and O–H groups in total. The van der Waals surface area contributed by atoms with Gasteiger partial charge in [0.25, 0.3) is 5.69 Å². The third-order valence-electron chi connectivity index (χ3n) is 3.24. The molecule has 1 aromatic carbocycles. The fourth-order valence-corrected chi connectivity index (χ4v) is 2.07. The number of nitrogens with zero attached hydrogens (tertiary/aromatic N) is 2. The summed E-state index contributed by atoms with van der Waals surface area (Å²) in [5, 5.41) is 14.0.